The van der Waals surface area contributed by atoms with Crippen molar-refractivity contribution in [3.8, 4) is 0 Å². The third kappa shape index (κ3) is 1.63. The molecular weight excluding hydrogens is 413 g/mol. The average Bonchev–Trinajstić information content (AvgIpc) is 3.28. The second-order valence-electron chi connectivity index (χ2n) is 7.13. The predicted molar refractivity (Wildman–Crippen MR) is 91.5 cm³/mol. The van der Waals surface area contributed by atoms with E-state index in [0.29, 0.717) is 22.5 Å². The molecule has 3 nitrogen and oxygen atoms in total. The van der Waals surface area contributed by atoms with Crippen LogP contribution in [0, 0.1) is 39.1 Å². The van der Waals surface area contributed by atoms with Gasteiger partial charge in [0.25, 0.3) is 0 Å². The molecule has 1 aliphatic heterocycles. The smallest absolute Gasteiger partial charge is 0.237 e. The van der Waals surface area contributed by atoms with Gasteiger partial charge in [-0.05, 0) is 83.7 Å². The fourth-order valence-corrected chi connectivity index (χ4v) is 5.93. The van der Waals surface area contributed by atoms with Crippen molar-refractivity contribution in [2.45, 2.75) is 19.3 Å². The molecule has 5 aliphatic rings. The molecule has 22 heavy (non-hydrogen) atoms. The normalized spacial score (nSPS) is 41.6. The van der Waals surface area contributed by atoms with Crippen LogP contribution in [-0.4, -0.2) is 11.8 Å². The summed E-state index contributed by atoms with van der Waals surface area (Å²) in [5.41, 5.74) is 0.642. The molecule has 0 N–H and O–H groups in total. The molecule has 6 rings (SSSR count). The summed E-state index contributed by atoms with van der Waals surface area (Å²) in [5, 5.41) is 0.597. The van der Waals surface area contributed by atoms with Gasteiger partial charge in [-0.3, -0.25) is 9.59 Å². The zero-order valence-electron chi connectivity index (χ0n) is 11.8. The van der Waals surface area contributed by atoms with Crippen molar-refractivity contribution >= 4 is 51.7 Å². The number of hydrogen-bond donors (Lipinski definition) is 0. The van der Waals surface area contributed by atoms with Crippen LogP contribution in [0.1, 0.15) is 19.3 Å². The van der Waals surface area contributed by atoms with Crippen LogP contribution >= 0.6 is 34.2 Å². The largest absolute Gasteiger partial charge is 0.274 e. The zero-order valence-corrected chi connectivity index (χ0v) is 14.8. The number of imide groups is 1. The molecule has 1 heterocycles. The lowest BCUT2D eigenvalue weighted by Crippen LogP contribution is -2.43. The summed E-state index contributed by atoms with van der Waals surface area (Å²) >= 11 is 8.34. The third-order valence-corrected chi connectivity index (χ3v) is 7.88. The Morgan fingerprint density at radius 2 is 1.59 bits per heavy atom. The van der Waals surface area contributed by atoms with E-state index in [-0.39, 0.29) is 23.7 Å². The number of carbonyl (C=O) groups is 2. The van der Waals surface area contributed by atoms with E-state index in [1.54, 1.807) is 6.07 Å². The molecule has 4 aliphatic carbocycles. The van der Waals surface area contributed by atoms with Gasteiger partial charge in [0.05, 0.1) is 22.5 Å². The second kappa shape index (κ2) is 4.47. The highest BCUT2D eigenvalue weighted by Crippen LogP contribution is 2.68. The Kier molecular flexibility index (Phi) is 2.80. The first-order chi connectivity index (χ1) is 10.6. The third-order valence-electron chi connectivity index (χ3n) is 6.31. The molecule has 0 aromatic heterocycles. The van der Waals surface area contributed by atoms with Gasteiger partial charge in [-0.1, -0.05) is 11.6 Å². The maximum atomic E-state index is 13.0. The van der Waals surface area contributed by atoms with Gasteiger partial charge in [0.1, 0.15) is 0 Å². The molecule has 114 valence electrons. The highest BCUT2D eigenvalue weighted by molar-refractivity contribution is 14.1. The van der Waals surface area contributed by atoms with Crippen LogP contribution in [0.4, 0.5) is 5.69 Å². The van der Waals surface area contributed by atoms with Crippen LogP contribution in [0.5, 0.6) is 0 Å². The van der Waals surface area contributed by atoms with Gasteiger partial charge in [-0.15, -0.1) is 0 Å². The Balaban J connectivity index is 1.57. The Hall–Kier alpha value is -0.620. The summed E-state index contributed by atoms with van der Waals surface area (Å²) in [6.07, 6.45) is 3.51. The number of hydrogen-bond acceptors (Lipinski definition) is 2. The van der Waals surface area contributed by atoms with Gasteiger partial charge in [-0.25, -0.2) is 4.90 Å². The monoisotopic (exact) mass is 427 g/mol. The summed E-state index contributed by atoms with van der Waals surface area (Å²) in [7, 11) is 0. The lowest BCUT2D eigenvalue weighted by molar-refractivity contribution is -0.129. The van der Waals surface area contributed by atoms with Crippen molar-refractivity contribution in [3.63, 3.8) is 0 Å². The van der Waals surface area contributed by atoms with Crippen molar-refractivity contribution in [2.75, 3.05) is 4.90 Å². The van der Waals surface area contributed by atoms with E-state index in [0.717, 1.165) is 28.2 Å². The van der Waals surface area contributed by atoms with Crippen molar-refractivity contribution < 1.29 is 9.59 Å². The molecular formula is C17H15ClINO2. The van der Waals surface area contributed by atoms with Crippen molar-refractivity contribution in [1.82, 2.24) is 0 Å². The quantitative estimate of drug-likeness (QED) is 0.506. The van der Waals surface area contributed by atoms with Crippen molar-refractivity contribution in [3.05, 3.63) is 26.8 Å². The molecule has 5 fully saturated rings. The number of amides is 2. The topological polar surface area (TPSA) is 37.4 Å². The summed E-state index contributed by atoms with van der Waals surface area (Å²) in [6.45, 7) is 0. The van der Waals surface area contributed by atoms with E-state index < -0.39 is 0 Å². The van der Waals surface area contributed by atoms with Crippen LogP contribution in [0.2, 0.25) is 5.02 Å². The lowest BCUT2D eigenvalue weighted by atomic mass is 9.59. The van der Waals surface area contributed by atoms with E-state index in [2.05, 4.69) is 22.6 Å². The van der Waals surface area contributed by atoms with E-state index in [1.807, 2.05) is 12.1 Å². The molecule has 1 saturated heterocycles. The predicted octanol–water partition coefficient (Wildman–Crippen LogP) is 3.73. The Bertz CT molecular complexity index is 687. The summed E-state index contributed by atoms with van der Waals surface area (Å²) in [5.74, 6) is 2.25. The molecule has 4 saturated carbocycles. The number of anilines is 1. The Labute approximate surface area is 147 Å². The Morgan fingerprint density at radius 3 is 2.14 bits per heavy atom. The van der Waals surface area contributed by atoms with Gasteiger partial charge in [0.2, 0.25) is 11.8 Å². The molecule has 6 unspecified atom stereocenters. The number of carbonyl (C=O) groups excluding carboxylic acids is 2. The van der Waals surface area contributed by atoms with Gasteiger partial charge < -0.3 is 0 Å². The zero-order chi connectivity index (χ0) is 15.2. The summed E-state index contributed by atoms with van der Waals surface area (Å²) in [4.78, 5) is 27.3. The van der Waals surface area contributed by atoms with Gasteiger partial charge >= 0.3 is 0 Å². The summed E-state index contributed by atoms with van der Waals surface area (Å²) < 4.78 is 0.931. The average molecular weight is 428 g/mol. The fourth-order valence-electron chi connectivity index (χ4n) is 5.42. The van der Waals surface area contributed by atoms with Gasteiger partial charge in [0, 0.05) is 3.57 Å². The number of fused-ring (bicyclic) bond motifs is 1. The molecule has 0 spiro atoms. The van der Waals surface area contributed by atoms with Crippen molar-refractivity contribution in [1.29, 1.82) is 0 Å². The number of halogens is 2. The SMILES string of the molecule is O=C1C2C3CCC(C4CC43)C2C(=O)N1c1ccc(I)c(Cl)c1. The minimum Gasteiger partial charge on any atom is -0.274 e. The fraction of sp³-hybridized carbons (Fsp3) is 0.529. The first-order valence-corrected chi connectivity index (χ1v) is 9.36. The number of benzene rings is 1. The standard InChI is InChI=1S/C17H15ClINO2/c18-12-5-7(1-4-13(12)19)20-16(21)14-8-2-3-9(11-6-10(8)11)15(14)17(20)22/h1,4-5,8-11,14-15H,2-3,6H2. The minimum atomic E-state index is -0.0620. The van der Waals surface area contributed by atoms with Crippen LogP contribution in [0.3, 0.4) is 0 Å². The molecule has 1 aromatic carbocycles. The van der Waals surface area contributed by atoms with Crippen LogP contribution in [0.25, 0.3) is 0 Å². The first kappa shape index (κ1) is 13.8. The number of rotatable bonds is 1. The van der Waals surface area contributed by atoms with E-state index >= 15 is 0 Å². The second-order valence-corrected chi connectivity index (χ2v) is 8.70. The van der Waals surface area contributed by atoms with Crippen LogP contribution in [0.15, 0.2) is 18.2 Å². The van der Waals surface area contributed by atoms with Crippen molar-refractivity contribution in [2.24, 2.45) is 35.5 Å². The molecule has 0 radical (unpaired) electrons. The van der Waals surface area contributed by atoms with Crippen LogP contribution in [-0.2, 0) is 9.59 Å². The summed E-state index contributed by atoms with van der Waals surface area (Å²) in [6, 6.07) is 5.45. The molecule has 6 atom stereocenters. The minimum absolute atomic E-state index is 0.0207. The van der Waals surface area contributed by atoms with Crippen LogP contribution < -0.4 is 4.90 Å². The lowest BCUT2D eigenvalue weighted by Gasteiger charge is -2.42. The highest BCUT2D eigenvalue weighted by Gasteiger charge is 2.68. The van der Waals surface area contributed by atoms with Gasteiger partial charge in [-0.2, -0.15) is 0 Å². The Morgan fingerprint density at radius 1 is 1.00 bits per heavy atom. The van der Waals surface area contributed by atoms with E-state index in [1.165, 1.54) is 11.3 Å². The highest BCUT2D eigenvalue weighted by atomic mass is 127. The molecule has 2 bridgehead atoms. The molecule has 5 heteroatoms. The molecule has 1 aromatic rings. The number of nitrogens with zero attached hydrogens (tertiary/aromatic N) is 1. The maximum absolute atomic E-state index is 13.0. The van der Waals surface area contributed by atoms with E-state index in [4.69, 9.17) is 11.6 Å². The first-order valence-electron chi connectivity index (χ1n) is 7.91. The maximum Gasteiger partial charge on any atom is 0.237 e. The van der Waals surface area contributed by atoms with E-state index in [9.17, 15) is 9.59 Å². The molecule has 2 amide bonds. The van der Waals surface area contributed by atoms with Gasteiger partial charge in [0.15, 0.2) is 0 Å².